The number of hydrogen-bond donors (Lipinski definition) is 2. The van der Waals surface area contributed by atoms with Crippen LogP contribution in [0.4, 0.5) is 17.6 Å². The van der Waals surface area contributed by atoms with E-state index < -0.39 is 51.3 Å². The second-order valence-corrected chi connectivity index (χ2v) is 10.6. The van der Waals surface area contributed by atoms with Gasteiger partial charge in [-0.05, 0) is 61.2 Å². The molecule has 204 valence electrons. The number of aliphatic carboxylic acids is 1. The Balaban J connectivity index is 1.46. The summed E-state index contributed by atoms with van der Waals surface area (Å²) in [4.78, 5) is 15.6. The molecule has 0 radical (unpaired) electrons. The lowest BCUT2D eigenvalue weighted by Gasteiger charge is -2.17. The van der Waals surface area contributed by atoms with Gasteiger partial charge in [-0.25, -0.2) is 12.8 Å². The van der Waals surface area contributed by atoms with Crippen molar-refractivity contribution in [3.05, 3.63) is 59.7 Å². The van der Waals surface area contributed by atoms with Gasteiger partial charge in [-0.3, -0.25) is 4.79 Å². The number of ether oxygens (including phenoxy) is 1. The Morgan fingerprint density at radius 2 is 1.82 bits per heavy atom. The minimum atomic E-state index is -4.96. The third kappa shape index (κ3) is 6.86. The summed E-state index contributed by atoms with van der Waals surface area (Å²) in [5, 5.41) is 13.4. The molecule has 1 heterocycles. The van der Waals surface area contributed by atoms with Gasteiger partial charge in [0.15, 0.2) is 0 Å². The molecule has 0 spiro atoms. The van der Waals surface area contributed by atoms with Crippen LogP contribution in [0, 0.1) is 5.82 Å². The van der Waals surface area contributed by atoms with Gasteiger partial charge in [-0.2, -0.15) is 9.71 Å². The van der Waals surface area contributed by atoms with Crippen LogP contribution in [0.15, 0.2) is 51.9 Å². The molecule has 38 heavy (non-hydrogen) atoms. The Hall–Kier alpha value is -3.52. The molecule has 2 aromatic carbocycles. The summed E-state index contributed by atoms with van der Waals surface area (Å²) in [6.45, 7) is 0. The minimum Gasteiger partial charge on any atom is -0.480 e. The zero-order valence-electron chi connectivity index (χ0n) is 19.7. The molecular formula is C24H23F4N3O6S. The highest BCUT2D eigenvalue weighted by Gasteiger charge is 2.32. The molecule has 0 bridgehead atoms. The Labute approximate surface area is 214 Å². The molecule has 0 saturated heterocycles. The molecule has 1 unspecified atom stereocenters. The number of rotatable bonds is 9. The lowest BCUT2D eigenvalue weighted by Crippen LogP contribution is -2.42. The van der Waals surface area contributed by atoms with Crippen molar-refractivity contribution >= 4 is 16.0 Å². The molecule has 0 aliphatic heterocycles. The third-order valence-corrected chi connectivity index (χ3v) is 7.56. The number of benzene rings is 2. The molecule has 14 heteroatoms. The van der Waals surface area contributed by atoms with E-state index in [-0.39, 0.29) is 22.9 Å². The lowest BCUT2D eigenvalue weighted by atomic mass is 9.89. The number of nitrogens with zero attached hydrogens (tertiary/aromatic N) is 2. The lowest BCUT2D eigenvalue weighted by molar-refractivity contribution is -0.274. The first-order valence-electron chi connectivity index (χ1n) is 11.6. The number of nitrogens with one attached hydrogen (secondary N) is 1. The predicted molar refractivity (Wildman–Crippen MR) is 124 cm³/mol. The first kappa shape index (κ1) is 27.5. The van der Waals surface area contributed by atoms with E-state index in [9.17, 15) is 35.9 Å². The largest absolute Gasteiger partial charge is 0.573 e. The standard InChI is InChI=1S/C24H23F4N3O6S/c25-19-12-14(6-11-18(19)21-29-22(37-30-21)15-4-2-1-3-5-15)13-20(23(32)33)31-38(34,35)17-9-7-16(8-10-17)36-24(26,27)28/h6-12,15,20,31H,1-5,13H2,(H,32,33). The molecule has 1 fully saturated rings. The Morgan fingerprint density at radius 1 is 1.13 bits per heavy atom. The molecule has 1 saturated carbocycles. The van der Waals surface area contributed by atoms with E-state index in [0.29, 0.717) is 5.89 Å². The molecular weight excluding hydrogens is 534 g/mol. The van der Waals surface area contributed by atoms with E-state index >= 15 is 0 Å². The van der Waals surface area contributed by atoms with Crippen molar-refractivity contribution in [3.8, 4) is 17.1 Å². The number of halogens is 4. The van der Waals surface area contributed by atoms with Crippen molar-refractivity contribution in [2.75, 3.05) is 0 Å². The fourth-order valence-electron chi connectivity index (χ4n) is 4.22. The van der Waals surface area contributed by atoms with Gasteiger partial charge < -0.3 is 14.4 Å². The highest BCUT2D eigenvalue weighted by Crippen LogP contribution is 2.33. The zero-order chi connectivity index (χ0) is 27.5. The van der Waals surface area contributed by atoms with Crippen LogP contribution >= 0.6 is 0 Å². The van der Waals surface area contributed by atoms with Gasteiger partial charge in [0.1, 0.15) is 17.6 Å². The molecule has 9 nitrogen and oxygen atoms in total. The molecule has 1 aromatic heterocycles. The fraction of sp³-hybridized carbons (Fsp3) is 0.375. The first-order chi connectivity index (χ1) is 17.9. The van der Waals surface area contributed by atoms with Crippen LogP contribution in [0.3, 0.4) is 0 Å². The van der Waals surface area contributed by atoms with Crippen molar-refractivity contribution in [1.82, 2.24) is 14.9 Å². The van der Waals surface area contributed by atoms with Gasteiger partial charge in [0.05, 0.1) is 10.5 Å². The maximum Gasteiger partial charge on any atom is 0.573 e. The van der Waals surface area contributed by atoms with Crippen LogP contribution in [0.5, 0.6) is 5.75 Å². The second kappa shape index (κ2) is 11.1. The monoisotopic (exact) mass is 557 g/mol. The van der Waals surface area contributed by atoms with Crippen LogP contribution in [0.25, 0.3) is 11.4 Å². The molecule has 4 rings (SSSR count). The average molecular weight is 558 g/mol. The normalized spacial score (nSPS) is 15.8. The number of hydrogen-bond acceptors (Lipinski definition) is 7. The topological polar surface area (TPSA) is 132 Å². The summed E-state index contributed by atoms with van der Waals surface area (Å²) >= 11 is 0. The fourth-order valence-corrected chi connectivity index (χ4v) is 5.41. The van der Waals surface area contributed by atoms with Crippen LogP contribution in [-0.2, 0) is 21.2 Å². The summed E-state index contributed by atoms with van der Waals surface area (Å²) in [6.07, 6.45) is -0.290. The van der Waals surface area contributed by atoms with Crippen LogP contribution in [-0.4, -0.2) is 42.0 Å². The van der Waals surface area contributed by atoms with Gasteiger partial charge in [0.25, 0.3) is 0 Å². The van der Waals surface area contributed by atoms with Crippen LogP contribution in [0.1, 0.15) is 49.5 Å². The summed E-state index contributed by atoms with van der Waals surface area (Å²) in [5.41, 5.74) is 0.222. The van der Waals surface area contributed by atoms with Crippen LogP contribution in [0.2, 0.25) is 0 Å². The molecule has 3 aromatic rings. The number of sulfonamides is 1. The van der Waals surface area contributed by atoms with Crippen molar-refractivity contribution in [1.29, 1.82) is 0 Å². The van der Waals surface area contributed by atoms with E-state index in [1.807, 2.05) is 4.72 Å². The number of aromatic nitrogens is 2. The summed E-state index contributed by atoms with van der Waals surface area (Å²) in [7, 11) is -4.45. The molecule has 0 amide bonds. The highest BCUT2D eigenvalue weighted by atomic mass is 32.2. The van der Waals surface area contributed by atoms with E-state index in [4.69, 9.17) is 4.52 Å². The second-order valence-electron chi connectivity index (χ2n) is 8.84. The number of alkyl halides is 3. The van der Waals surface area contributed by atoms with Crippen molar-refractivity contribution < 1.29 is 45.1 Å². The molecule has 2 N–H and O–H groups in total. The van der Waals surface area contributed by atoms with Gasteiger partial charge in [0, 0.05) is 5.92 Å². The Kier molecular flexibility index (Phi) is 8.02. The van der Waals surface area contributed by atoms with E-state index in [0.717, 1.165) is 62.4 Å². The van der Waals surface area contributed by atoms with Crippen molar-refractivity contribution in [2.24, 2.45) is 0 Å². The van der Waals surface area contributed by atoms with E-state index in [2.05, 4.69) is 14.9 Å². The maximum atomic E-state index is 14.9. The minimum absolute atomic E-state index is 0.0492. The Morgan fingerprint density at radius 3 is 2.42 bits per heavy atom. The van der Waals surface area contributed by atoms with E-state index in [1.54, 1.807) is 0 Å². The number of carboxylic acids is 1. The van der Waals surface area contributed by atoms with Gasteiger partial charge >= 0.3 is 12.3 Å². The van der Waals surface area contributed by atoms with Crippen molar-refractivity contribution in [3.63, 3.8) is 0 Å². The average Bonchev–Trinajstić information content (AvgIpc) is 3.33. The molecule has 1 aliphatic rings. The van der Waals surface area contributed by atoms with Gasteiger partial charge in [0.2, 0.25) is 21.7 Å². The third-order valence-electron chi connectivity index (χ3n) is 6.07. The SMILES string of the molecule is O=C(O)C(Cc1ccc(-c2noc(C3CCCCC3)n2)c(F)c1)NS(=O)(=O)c1ccc(OC(F)(F)F)cc1. The van der Waals surface area contributed by atoms with Crippen molar-refractivity contribution in [2.45, 2.75) is 61.7 Å². The Bertz CT molecular complexity index is 1390. The van der Waals surface area contributed by atoms with E-state index in [1.165, 1.54) is 12.1 Å². The number of carboxylic acid groups (broad SMARTS) is 1. The smallest absolute Gasteiger partial charge is 0.480 e. The number of carbonyl (C=O) groups is 1. The molecule has 1 aliphatic carbocycles. The molecule has 1 atom stereocenters. The van der Waals surface area contributed by atoms with Gasteiger partial charge in [-0.1, -0.05) is 30.5 Å². The first-order valence-corrected chi connectivity index (χ1v) is 13.1. The van der Waals surface area contributed by atoms with Crippen LogP contribution < -0.4 is 9.46 Å². The zero-order valence-corrected chi connectivity index (χ0v) is 20.6. The maximum absolute atomic E-state index is 14.9. The summed E-state index contributed by atoms with van der Waals surface area (Å²) in [6, 6.07) is 5.37. The quantitative estimate of drug-likeness (QED) is 0.359. The predicted octanol–water partition coefficient (Wildman–Crippen LogP) is 4.80. The highest BCUT2D eigenvalue weighted by molar-refractivity contribution is 7.89. The summed E-state index contributed by atoms with van der Waals surface area (Å²) < 4.78 is 88.1. The van der Waals surface area contributed by atoms with Gasteiger partial charge in [-0.15, -0.1) is 13.2 Å². The summed E-state index contributed by atoms with van der Waals surface area (Å²) in [5.74, 6) is -2.29.